The quantitative estimate of drug-likeness (QED) is 0.595. The molecule has 180 valence electrons. The van der Waals surface area contributed by atoms with Crippen LogP contribution in [0.15, 0.2) is 24.4 Å². The SMILES string of the molecule is CC(=O)N1CCN(c2nc(N[C@H](C)c3ccc4c(c3)CCC4)c3cn(C(C)C)c(O)c3n2)CC1. The smallest absolute Gasteiger partial charge is 0.228 e. The maximum absolute atomic E-state index is 11.7. The average molecular weight is 463 g/mol. The van der Waals surface area contributed by atoms with Gasteiger partial charge in [0.15, 0.2) is 0 Å². The molecule has 1 atom stereocenters. The summed E-state index contributed by atoms with van der Waals surface area (Å²) in [6.45, 7) is 10.4. The highest BCUT2D eigenvalue weighted by molar-refractivity contribution is 5.94. The molecule has 8 nitrogen and oxygen atoms in total. The third-order valence-electron chi connectivity index (χ3n) is 7.20. The monoisotopic (exact) mass is 462 g/mol. The summed E-state index contributed by atoms with van der Waals surface area (Å²) in [5.41, 5.74) is 4.70. The van der Waals surface area contributed by atoms with Crippen LogP contribution in [0.4, 0.5) is 11.8 Å². The van der Waals surface area contributed by atoms with E-state index in [4.69, 9.17) is 9.97 Å². The van der Waals surface area contributed by atoms with Crippen molar-refractivity contribution in [2.24, 2.45) is 0 Å². The zero-order valence-corrected chi connectivity index (χ0v) is 20.5. The van der Waals surface area contributed by atoms with Crippen molar-refractivity contribution < 1.29 is 9.90 Å². The number of fused-ring (bicyclic) bond motifs is 2. The van der Waals surface area contributed by atoms with Crippen LogP contribution in [0.1, 0.15) is 62.9 Å². The number of aryl methyl sites for hydroxylation is 2. The summed E-state index contributed by atoms with van der Waals surface area (Å²) >= 11 is 0. The van der Waals surface area contributed by atoms with Crippen LogP contribution in [0.25, 0.3) is 10.9 Å². The van der Waals surface area contributed by atoms with Gasteiger partial charge >= 0.3 is 0 Å². The lowest BCUT2D eigenvalue weighted by atomic mass is 10.0. The summed E-state index contributed by atoms with van der Waals surface area (Å²) in [4.78, 5) is 25.4. The lowest BCUT2D eigenvalue weighted by molar-refractivity contribution is -0.129. The van der Waals surface area contributed by atoms with Crippen molar-refractivity contribution in [1.82, 2.24) is 19.4 Å². The molecule has 1 amide bonds. The molecule has 2 aliphatic rings. The lowest BCUT2D eigenvalue weighted by Gasteiger charge is -2.34. The van der Waals surface area contributed by atoms with E-state index in [1.807, 2.05) is 29.5 Å². The van der Waals surface area contributed by atoms with Crippen molar-refractivity contribution in [2.75, 3.05) is 36.4 Å². The minimum absolute atomic E-state index is 0.0518. The van der Waals surface area contributed by atoms with E-state index in [1.54, 1.807) is 6.92 Å². The van der Waals surface area contributed by atoms with Gasteiger partial charge in [-0.3, -0.25) is 4.79 Å². The zero-order chi connectivity index (χ0) is 24.0. The van der Waals surface area contributed by atoms with Gasteiger partial charge in [-0.05, 0) is 56.7 Å². The van der Waals surface area contributed by atoms with E-state index >= 15 is 0 Å². The Morgan fingerprint density at radius 1 is 1.06 bits per heavy atom. The number of hydrogen-bond acceptors (Lipinski definition) is 6. The predicted octanol–water partition coefficient (Wildman–Crippen LogP) is 4.05. The summed E-state index contributed by atoms with van der Waals surface area (Å²) in [5.74, 6) is 1.55. The van der Waals surface area contributed by atoms with Gasteiger partial charge in [0.2, 0.25) is 17.7 Å². The predicted molar refractivity (Wildman–Crippen MR) is 135 cm³/mol. The number of nitrogens with one attached hydrogen (secondary N) is 1. The maximum atomic E-state index is 11.7. The maximum Gasteiger partial charge on any atom is 0.228 e. The zero-order valence-electron chi connectivity index (χ0n) is 20.5. The van der Waals surface area contributed by atoms with Crippen LogP contribution in [0.2, 0.25) is 0 Å². The third-order valence-corrected chi connectivity index (χ3v) is 7.20. The van der Waals surface area contributed by atoms with Crippen LogP contribution < -0.4 is 10.2 Å². The summed E-state index contributed by atoms with van der Waals surface area (Å²) in [6.07, 6.45) is 5.49. The van der Waals surface area contributed by atoms with E-state index in [0.29, 0.717) is 37.6 Å². The Hall–Kier alpha value is -3.29. The summed E-state index contributed by atoms with van der Waals surface area (Å²) < 4.78 is 1.84. The molecule has 2 aromatic heterocycles. The van der Waals surface area contributed by atoms with Crippen LogP contribution in [-0.4, -0.2) is 56.6 Å². The molecule has 1 aromatic carbocycles. The van der Waals surface area contributed by atoms with E-state index < -0.39 is 0 Å². The van der Waals surface area contributed by atoms with Crippen molar-refractivity contribution >= 4 is 28.6 Å². The molecule has 34 heavy (non-hydrogen) atoms. The molecular formula is C26H34N6O2. The third kappa shape index (κ3) is 4.06. The number of carbonyl (C=O) groups excluding carboxylic acids is 1. The van der Waals surface area contributed by atoms with E-state index in [9.17, 15) is 9.90 Å². The highest BCUT2D eigenvalue weighted by atomic mass is 16.3. The standard InChI is InChI=1S/C26H34N6O2/c1-16(2)32-15-22-23(25(32)34)28-26(31-12-10-30(11-13-31)18(4)33)29-24(22)27-17(3)20-9-8-19-6-5-7-21(19)14-20/h8-9,14-17,34H,5-7,10-13H2,1-4H3,(H,27,28,29)/t17-/m1/s1. The van der Waals surface area contributed by atoms with Gasteiger partial charge in [-0.15, -0.1) is 0 Å². The van der Waals surface area contributed by atoms with Gasteiger partial charge in [-0.2, -0.15) is 4.98 Å². The molecule has 8 heteroatoms. The number of aromatic hydroxyl groups is 1. The second-order valence-corrected chi connectivity index (χ2v) is 9.83. The molecular weight excluding hydrogens is 428 g/mol. The number of benzene rings is 1. The highest BCUT2D eigenvalue weighted by Gasteiger charge is 2.25. The van der Waals surface area contributed by atoms with Gasteiger partial charge in [-0.1, -0.05) is 18.2 Å². The van der Waals surface area contributed by atoms with Crippen LogP contribution >= 0.6 is 0 Å². The number of rotatable bonds is 5. The molecule has 1 saturated heterocycles. The van der Waals surface area contributed by atoms with Crippen molar-refractivity contribution in [1.29, 1.82) is 0 Å². The van der Waals surface area contributed by atoms with E-state index in [-0.39, 0.29) is 23.9 Å². The minimum atomic E-state index is 0.0518. The van der Waals surface area contributed by atoms with Gasteiger partial charge < -0.3 is 24.8 Å². The lowest BCUT2D eigenvalue weighted by Crippen LogP contribution is -2.48. The van der Waals surface area contributed by atoms with Gasteiger partial charge in [0.25, 0.3) is 0 Å². The number of aromatic nitrogens is 3. The second-order valence-electron chi connectivity index (χ2n) is 9.83. The van der Waals surface area contributed by atoms with Crippen molar-refractivity contribution in [2.45, 2.75) is 59.0 Å². The Morgan fingerprint density at radius 3 is 2.50 bits per heavy atom. The number of nitrogens with zero attached hydrogens (tertiary/aromatic N) is 5. The summed E-state index contributed by atoms with van der Waals surface area (Å²) in [7, 11) is 0. The van der Waals surface area contributed by atoms with Crippen LogP contribution in [-0.2, 0) is 17.6 Å². The topological polar surface area (TPSA) is 86.5 Å². The van der Waals surface area contributed by atoms with Crippen LogP contribution in [0.3, 0.4) is 0 Å². The fourth-order valence-corrected chi connectivity index (χ4v) is 5.09. The molecule has 3 heterocycles. The Labute approximate surface area is 200 Å². The van der Waals surface area contributed by atoms with Crippen molar-refractivity contribution in [3.8, 4) is 5.88 Å². The largest absolute Gasteiger partial charge is 0.493 e. The van der Waals surface area contributed by atoms with Gasteiger partial charge in [-0.25, -0.2) is 4.98 Å². The Kier molecular flexibility index (Phi) is 5.83. The van der Waals surface area contributed by atoms with Crippen LogP contribution in [0.5, 0.6) is 5.88 Å². The molecule has 1 aliphatic carbocycles. The van der Waals surface area contributed by atoms with Crippen molar-refractivity contribution in [3.63, 3.8) is 0 Å². The number of hydrogen-bond donors (Lipinski definition) is 2. The first kappa shape index (κ1) is 22.5. The molecule has 0 radical (unpaired) electrons. The van der Waals surface area contributed by atoms with Gasteiger partial charge in [0.1, 0.15) is 11.3 Å². The molecule has 1 aliphatic heterocycles. The molecule has 0 spiro atoms. The Morgan fingerprint density at radius 2 is 1.79 bits per heavy atom. The molecule has 0 unspecified atom stereocenters. The fraction of sp³-hybridized carbons (Fsp3) is 0.500. The minimum Gasteiger partial charge on any atom is -0.493 e. The van der Waals surface area contributed by atoms with Crippen molar-refractivity contribution in [3.05, 3.63) is 41.1 Å². The fourth-order valence-electron chi connectivity index (χ4n) is 5.09. The Balaban J connectivity index is 1.50. The number of carbonyl (C=O) groups is 1. The van der Waals surface area contributed by atoms with Crippen LogP contribution in [0, 0.1) is 0 Å². The molecule has 1 fully saturated rings. The molecule has 0 saturated carbocycles. The highest BCUT2D eigenvalue weighted by Crippen LogP contribution is 2.36. The van der Waals surface area contributed by atoms with E-state index in [2.05, 4.69) is 35.3 Å². The molecule has 0 bridgehead atoms. The molecule has 5 rings (SSSR count). The van der Waals surface area contributed by atoms with E-state index in [0.717, 1.165) is 17.6 Å². The molecule has 2 N–H and O–H groups in total. The van der Waals surface area contributed by atoms with Gasteiger partial charge in [0, 0.05) is 51.4 Å². The summed E-state index contributed by atoms with van der Waals surface area (Å²) in [6, 6.07) is 6.93. The van der Waals surface area contributed by atoms with E-state index in [1.165, 1.54) is 29.5 Å². The normalized spacial score (nSPS) is 16.9. The number of anilines is 2. The first-order chi connectivity index (χ1) is 16.3. The average Bonchev–Trinajstić information content (AvgIpc) is 3.43. The first-order valence-corrected chi connectivity index (χ1v) is 12.3. The summed E-state index contributed by atoms with van der Waals surface area (Å²) in [5, 5.41) is 15.4. The second kappa shape index (κ2) is 8.81. The first-order valence-electron chi connectivity index (χ1n) is 12.3. The Bertz CT molecular complexity index is 1230. The number of piperazine rings is 1. The number of amides is 1. The van der Waals surface area contributed by atoms with Gasteiger partial charge in [0.05, 0.1) is 5.39 Å². The molecule has 3 aromatic rings.